The van der Waals surface area contributed by atoms with Crippen LogP contribution in [0.5, 0.6) is 11.5 Å². The maximum Gasteiger partial charge on any atom is 0.296 e. The molecule has 1 N–H and O–H groups in total. The number of hydrogen-bond donors (Lipinski definition) is 1. The van der Waals surface area contributed by atoms with Crippen molar-refractivity contribution in [3.8, 4) is 11.5 Å². The molecule has 1 aliphatic heterocycles. The second-order valence-electron chi connectivity index (χ2n) is 5.65. The second kappa shape index (κ2) is 5.77. The number of methoxy groups -OCH3 is 1. The summed E-state index contributed by atoms with van der Waals surface area (Å²) in [4.78, 5) is 19.9. The third kappa shape index (κ3) is 2.98. The number of H-pyrrole nitrogens is 1. The molecule has 6 nitrogen and oxygen atoms in total. The van der Waals surface area contributed by atoms with Crippen LogP contribution in [0.4, 0.5) is 8.78 Å². The van der Waals surface area contributed by atoms with Crippen molar-refractivity contribution < 1.29 is 18.3 Å². The number of halogens is 2. The van der Waals surface area contributed by atoms with Crippen molar-refractivity contribution in [1.29, 1.82) is 0 Å². The van der Waals surface area contributed by atoms with Gasteiger partial charge in [0.15, 0.2) is 17.6 Å². The normalized spacial score (nSPS) is 21.3. The van der Waals surface area contributed by atoms with Crippen molar-refractivity contribution in [2.24, 2.45) is 0 Å². The van der Waals surface area contributed by atoms with Crippen molar-refractivity contribution in [2.75, 3.05) is 27.2 Å². The van der Waals surface area contributed by atoms with Gasteiger partial charge in [-0.15, -0.1) is 0 Å². The molecule has 1 unspecified atom stereocenters. The van der Waals surface area contributed by atoms with Gasteiger partial charge in [0.05, 0.1) is 30.9 Å². The standard InChI is InChI=1S/C15H17F2N3O3/c1-20-4-3-13(15(16,17)7-20)23-12-5-9-10(6-11(12)22-2)18-8-19-14(9)21/h5-6,8,13H,3-4,7H2,1-2H3,(H,18,19,21). The van der Waals surface area contributed by atoms with Crippen LogP contribution in [0.1, 0.15) is 6.42 Å². The number of aromatic amines is 1. The van der Waals surface area contributed by atoms with Crippen molar-refractivity contribution >= 4 is 10.9 Å². The van der Waals surface area contributed by atoms with Gasteiger partial charge < -0.3 is 19.4 Å². The second-order valence-corrected chi connectivity index (χ2v) is 5.65. The molecule has 3 rings (SSSR count). The Labute approximate surface area is 131 Å². The van der Waals surface area contributed by atoms with Gasteiger partial charge in [0, 0.05) is 19.0 Å². The number of rotatable bonds is 3. The van der Waals surface area contributed by atoms with Gasteiger partial charge in [0.1, 0.15) is 0 Å². The first-order valence-corrected chi connectivity index (χ1v) is 7.19. The molecule has 0 bridgehead atoms. The maximum absolute atomic E-state index is 14.1. The third-order valence-electron chi connectivity index (χ3n) is 3.92. The Hall–Kier alpha value is -2.22. The number of fused-ring (bicyclic) bond motifs is 1. The van der Waals surface area contributed by atoms with Crippen LogP contribution in [0.15, 0.2) is 23.3 Å². The van der Waals surface area contributed by atoms with E-state index >= 15 is 0 Å². The lowest BCUT2D eigenvalue weighted by molar-refractivity contribution is -0.135. The fourth-order valence-corrected chi connectivity index (χ4v) is 2.72. The number of aromatic nitrogens is 2. The summed E-state index contributed by atoms with van der Waals surface area (Å²) < 4.78 is 39.0. The van der Waals surface area contributed by atoms with E-state index in [0.29, 0.717) is 12.1 Å². The van der Waals surface area contributed by atoms with Crippen LogP contribution >= 0.6 is 0 Å². The summed E-state index contributed by atoms with van der Waals surface area (Å²) in [5, 5.41) is 0.263. The molecule has 1 fully saturated rings. The molecule has 1 saturated heterocycles. The number of piperidine rings is 1. The largest absolute Gasteiger partial charge is 0.493 e. The minimum Gasteiger partial charge on any atom is -0.493 e. The Balaban J connectivity index is 1.99. The molecule has 124 valence electrons. The van der Waals surface area contributed by atoms with Crippen molar-refractivity contribution in [1.82, 2.24) is 14.9 Å². The summed E-state index contributed by atoms with van der Waals surface area (Å²) in [7, 11) is 3.06. The van der Waals surface area contributed by atoms with E-state index in [1.165, 1.54) is 25.6 Å². The Kier molecular flexibility index (Phi) is 3.93. The molecule has 0 amide bonds. The molecule has 1 atom stereocenters. The average Bonchev–Trinajstić information content (AvgIpc) is 2.49. The third-order valence-corrected chi connectivity index (χ3v) is 3.92. The number of hydrogen-bond acceptors (Lipinski definition) is 5. The lowest BCUT2D eigenvalue weighted by atomic mass is 10.0. The Morgan fingerprint density at radius 2 is 2.17 bits per heavy atom. The monoisotopic (exact) mass is 325 g/mol. The summed E-state index contributed by atoms with van der Waals surface area (Å²) in [6, 6.07) is 2.90. The molecule has 0 spiro atoms. The predicted molar refractivity (Wildman–Crippen MR) is 80.4 cm³/mol. The summed E-state index contributed by atoms with van der Waals surface area (Å²) in [5.74, 6) is -2.59. The zero-order valence-corrected chi connectivity index (χ0v) is 12.8. The number of nitrogens with zero attached hydrogens (tertiary/aromatic N) is 2. The van der Waals surface area contributed by atoms with Crippen LogP contribution in [0.3, 0.4) is 0 Å². The van der Waals surface area contributed by atoms with Crippen LogP contribution in [0, 0.1) is 0 Å². The van der Waals surface area contributed by atoms with E-state index in [9.17, 15) is 13.6 Å². The highest BCUT2D eigenvalue weighted by atomic mass is 19.3. The van der Waals surface area contributed by atoms with Crippen LogP contribution in [-0.2, 0) is 0 Å². The molecule has 1 aromatic heterocycles. The quantitative estimate of drug-likeness (QED) is 0.929. The summed E-state index contributed by atoms with van der Waals surface area (Å²) in [6.07, 6.45) is 0.199. The Morgan fingerprint density at radius 1 is 1.39 bits per heavy atom. The van der Waals surface area contributed by atoms with Crippen LogP contribution in [-0.4, -0.2) is 54.1 Å². The minimum atomic E-state index is -2.98. The number of alkyl halides is 2. The predicted octanol–water partition coefficient (Wildman–Crippen LogP) is 1.65. The highest BCUT2D eigenvalue weighted by Crippen LogP contribution is 2.36. The van der Waals surface area contributed by atoms with Gasteiger partial charge in [0.2, 0.25) is 0 Å². The van der Waals surface area contributed by atoms with Gasteiger partial charge in [-0.05, 0) is 13.1 Å². The molecule has 2 aromatic rings. The summed E-state index contributed by atoms with van der Waals surface area (Å²) >= 11 is 0. The molecule has 8 heteroatoms. The SMILES string of the molecule is COc1cc2nc[nH]c(=O)c2cc1OC1CCN(C)CC1(F)F. The number of benzene rings is 1. The summed E-state index contributed by atoms with van der Waals surface area (Å²) in [6.45, 7) is 0.147. The Bertz CT molecular complexity index is 778. The van der Waals surface area contributed by atoms with Crippen LogP contribution in [0.2, 0.25) is 0 Å². The minimum absolute atomic E-state index is 0.118. The van der Waals surface area contributed by atoms with Crippen LogP contribution in [0.25, 0.3) is 10.9 Å². The van der Waals surface area contributed by atoms with E-state index in [1.807, 2.05) is 0 Å². The molecule has 23 heavy (non-hydrogen) atoms. The zero-order valence-electron chi connectivity index (χ0n) is 12.8. The topological polar surface area (TPSA) is 67.4 Å². The lowest BCUT2D eigenvalue weighted by Gasteiger charge is -2.36. The zero-order chi connectivity index (χ0) is 16.6. The molecule has 0 aliphatic carbocycles. The van der Waals surface area contributed by atoms with Crippen LogP contribution < -0.4 is 15.0 Å². The van der Waals surface area contributed by atoms with Crippen molar-refractivity contribution in [3.05, 3.63) is 28.8 Å². The van der Waals surface area contributed by atoms with E-state index in [4.69, 9.17) is 9.47 Å². The summed E-state index contributed by atoms with van der Waals surface area (Å²) in [5.41, 5.74) is 0.0470. The first-order valence-electron chi connectivity index (χ1n) is 7.19. The lowest BCUT2D eigenvalue weighted by Crippen LogP contribution is -2.52. The molecular formula is C15H17F2N3O3. The van der Waals surface area contributed by atoms with Gasteiger partial charge in [-0.2, -0.15) is 0 Å². The van der Waals surface area contributed by atoms with Gasteiger partial charge in [-0.3, -0.25) is 4.79 Å². The van der Waals surface area contributed by atoms with Crippen molar-refractivity contribution in [2.45, 2.75) is 18.4 Å². The molecule has 2 heterocycles. The molecule has 0 saturated carbocycles. The van der Waals surface area contributed by atoms with Gasteiger partial charge in [-0.25, -0.2) is 13.8 Å². The Morgan fingerprint density at radius 3 is 2.87 bits per heavy atom. The van der Waals surface area contributed by atoms with E-state index in [1.54, 1.807) is 11.9 Å². The van der Waals surface area contributed by atoms with E-state index in [-0.39, 0.29) is 35.4 Å². The first kappa shape index (κ1) is 15.7. The fraction of sp³-hybridized carbons (Fsp3) is 0.467. The number of nitrogens with one attached hydrogen (secondary N) is 1. The molecule has 1 aromatic carbocycles. The van der Waals surface area contributed by atoms with Gasteiger partial charge in [-0.1, -0.05) is 0 Å². The molecular weight excluding hydrogens is 308 g/mol. The van der Waals surface area contributed by atoms with Gasteiger partial charge >= 0.3 is 0 Å². The fourth-order valence-electron chi connectivity index (χ4n) is 2.72. The highest BCUT2D eigenvalue weighted by Gasteiger charge is 2.45. The smallest absolute Gasteiger partial charge is 0.296 e. The molecule has 0 radical (unpaired) electrons. The van der Waals surface area contributed by atoms with Crippen molar-refractivity contribution in [3.63, 3.8) is 0 Å². The average molecular weight is 325 g/mol. The van der Waals surface area contributed by atoms with E-state index in [0.717, 1.165) is 0 Å². The number of likely N-dealkylation sites (tertiary alicyclic amines) is 1. The number of ether oxygens (including phenoxy) is 2. The van der Waals surface area contributed by atoms with E-state index in [2.05, 4.69) is 9.97 Å². The molecule has 1 aliphatic rings. The van der Waals surface area contributed by atoms with Gasteiger partial charge in [0.25, 0.3) is 11.5 Å². The van der Waals surface area contributed by atoms with E-state index < -0.39 is 12.0 Å². The highest BCUT2D eigenvalue weighted by molar-refractivity contribution is 5.81. The maximum atomic E-state index is 14.1. The first-order chi connectivity index (χ1) is 10.9.